The highest BCUT2D eigenvalue weighted by Gasteiger charge is 2.42. The molecule has 0 radical (unpaired) electrons. The maximum absolute atomic E-state index is 13.3. The van der Waals surface area contributed by atoms with Gasteiger partial charge in [-0.1, -0.05) is 6.07 Å². The van der Waals surface area contributed by atoms with Crippen LogP contribution >= 0.6 is 15.9 Å². The van der Waals surface area contributed by atoms with Crippen molar-refractivity contribution in [2.75, 3.05) is 18.9 Å². The molecule has 2 aromatic rings. The fraction of sp³-hybridized carbons (Fsp3) is 0.368. The minimum Gasteiger partial charge on any atom is -0.426 e. The molecule has 0 bridgehead atoms. The SMILES string of the molecule is CNc1ccc2c(c1OC=O)C[C@@H](C)N(CC(F)(F)F)[C@@H]2c1ccc(Br)cn1. The molecule has 0 aliphatic carbocycles. The van der Waals surface area contributed by atoms with Crippen molar-refractivity contribution in [1.82, 2.24) is 9.88 Å². The summed E-state index contributed by atoms with van der Waals surface area (Å²) in [6.45, 7) is 1.00. The number of hydrogen-bond donors (Lipinski definition) is 1. The number of rotatable bonds is 5. The molecule has 5 nitrogen and oxygen atoms in total. The molecule has 0 spiro atoms. The van der Waals surface area contributed by atoms with Crippen LogP contribution in [0, 0.1) is 0 Å². The highest BCUT2D eigenvalue weighted by atomic mass is 79.9. The summed E-state index contributed by atoms with van der Waals surface area (Å²) in [7, 11) is 1.69. The van der Waals surface area contributed by atoms with E-state index in [0.717, 1.165) is 4.47 Å². The average Bonchev–Trinajstić information content (AvgIpc) is 2.63. The number of nitrogens with one attached hydrogen (secondary N) is 1. The first-order chi connectivity index (χ1) is 13.2. The van der Waals surface area contributed by atoms with E-state index < -0.39 is 24.8 Å². The molecule has 3 rings (SSSR count). The third kappa shape index (κ3) is 4.15. The van der Waals surface area contributed by atoms with Crippen molar-refractivity contribution in [3.05, 3.63) is 51.8 Å². The molecule has 1 aromatic heterocycles. The summed E-state index contributed by atoms with van der Waals surface area (Å²) < 4.78 is 45.9. The van der Waals surface area contributed by atoms with E-state index >= 15 is 0 Å². The second kappa shape index (κ2) is 8.08. The van der Waals surface area contributed by atoms with E-state index in [-0.39, 0.29) is 0 Å². The largest absolute Gasteiger partial charge is 0.426 e. The molecule has 1 aliphatic heterocycles. The normalized spacial score (nSPS) is 19.8. The van der Waals surface area contributed by atoms with Crippen molar-refractivity contribution in [2.24, 2.45) is 0 Å². The second-order valence-corrected chi connectivity index (χ2v) is 7.53. The first-order valence-corrected chi connectivity index (χ1v) is 9.42. The monoisotopic (exact) mass is 457 g/mol. The van der Waals surface area contributed by atoms with Gasteiger partial charge in [0.2, 0.25) is 0 Å². The number of nitrogens with zero attached hydrogens (tertiary/aromatic N) is 2. The van der Waals surface area contributed by atoms with Gasteiger partial charge in [0.1, 0.15) is 0 Å². The zero-order chi connectivity index (χ0) is 20.5. The molecule has 2 atom stereocenters. The summed E-state index contributed by atoms with van der Waals surface area (Å²) >= 11 is 3.30. The molecular weight excluding hydrogens is 439 g/mol. The van der Waals surface area contributed by atoms with Crippen LogP contribution in [0.5, 0.6) is 5.75 Å². The molecule has 9 heteroatoms. The van der Waals surface area contributed by atoms with Gasteiger partial charge >= 0.3 is 6.18 Å². The first-order valence-electron chi connectivity index (χ1n) is 8.63. The summed E-state index contributed by atoms with van der Waals surface area (Å²) in [5, 5.41) is 2.96. The summed E-state index contributed by atoms with van der Waals surface area (Å²) in [6, 6.07) is 5.76. The Morgan fingerprint density at radius 3 is 2.68 bits per heavy atom. The third-order valence-electron chi connectivity index (χ3n) is 4.82. The molecule has 0 saturated heterocycles. The second-order valence-electron chi connectivity index (χ2n) is 6.62. The molecule has 28 heavy (non-hydrogen) atoms. The molecule has 1 aliphatic rings. The Morgan fingerprint density at radius 2 is 2.11 bits per heavy atom. The van der Waals surface area contributed by atoms with Gasteiger partial charge in [0, 0.05) is 29.3 Å². The van der Waals surface area contributed by atoms with Gasteiger partial charge in [-0.15, -0.1) is 0 Å². The number of ether oxygens (including phenoxy) is 1. The van der Waals surface area contributed by atoms with Crippen LogP contribution in [-0.4, -0.2) is 42.2 Å². The van der Waals surface area contributed by atoms with Gasteiger partial charge in [-0.05, 0) is 53.0 Å². The van der Waals surface area contributed by atoms with Crippen LogP contribution in [-0.2, 0) is 11.2 Å². The Labute approximate surface area is 169 Å². The summed E-state index contributed by atoms with van der Waals surface area (Å²) in [5.74, 6) is 0.343. The predicted octanol–water partition coefficient (Wildman–Crippen LogP) is 4.32. The summed E-state index contributed by atoms with van der Waals surface area (Å²) in [5.41, 5.74) is 2.45. The van der Waals surface area contributed by atoms with Crippen molar-refractivity contribution in [1.29, 1.82) is 0 Å². The van der Waals surface area contributed by atoms with Crippen molar-refractivity contribution >= 4 is 28.1 Å². The van der Waals surface area contributed by atoms with Gasteiger partial charge in [0.25, 0.3) is 6.47 Å². The van der Waals surface area contributed by atoms with E-state index in [4.69, 9.17) is 4.74 Å². The third-order valence-corrected chi connectivity index (χ3v) is 5.29. The molecule has 2 heterocycles. The lowest BCUT2D eigenvalue weighted by Crippen LogP contribution is -2.47. The van der Waals surface area contributed by atoms with E-state index in [9.17, 15) is 18.0 Å². The fourth-order valence-corrected chi connectivity index (χ4v) is 3.90. The molecular formula is C19H19BrF3N3O2. The van der Waals surface area contributed by atoms with E-state index in [1.165, 1.54) is 4.90 Å². The number of aromatic nitrogens is 1. The smallest absolute Gasteiger partial charge is 0.401 e. The van der Waals surface area contributed by atoms with Gasteiger partial charge in [-0.25, -0.2) is 0 Å². The maximum atomic E-state index is 13.3. The summed E-state index contributed by atoms with van der Waals surface area (Å²) in [6.07, 6.45) is -2.48. The molecule has 1 N–H and O–H groups in total. The Kier molecular flexibility index (Phi) is 5.95. The van der Waals surface area contributed by atoms with Crippen molar-refractivity contribution in [2.45, 2.75) is 31.6 Å². The maximum Gasteiger partial charge on any atom is 0.401 e. The van der Waals surface area contributed by atoms with Crippen LogP contribution in [0.2, 0.25) is 0 Å². The lowest BCUT2D eigenvalue weighted by Gasteiger charge is -2.42. The molecule has 1 aromatic carbocycles. The predicted molar refractivity (Wildman–Crippen MR) is 102 cm³/mol. The number of fused-ring (bicyclic) bond motifs is 1. The fourth-order valence-electron chi connectivity index (χ4n) is 3.67. The number of anilines is 1. The highest BCUT2D eigenvalue weighted by Crippen LogP contribution is 2.44. The molecule has 0 unspecified atom stereocenters. The Balaban J connectivity index is 2.19. The van der Waals surface area contributed by atoms with Crippen LogP contribution in [0.4, 0.5) is 18.9 Å². The Morgan fingerprint density at radius 1 is 1.36 bits per heavy atom. The van der Waals surface area contributed by atoms with Gasteiger partial charge in [0.15, 0.2) is 5.75 Å². The number of hydrogen-bond acceptors (Lipinski definition) is 5. The standard InChI is InChI=1S/C19H19BrF3N3O2/c1-11-7-14-13(4-6-16(24-2)18(14)28-10-27)17(26(11)9-19(21,22)23)15-5-3-12(20)8-25-15/h3-6,8,10-11,17,24H,7,9H2,1-2H3/t11-,17+/m1/s1. The van der Waals surface area contributed by atoms with Gasteiger partial charge < -0.3 is 10.1 Å². The Hall–Kier alpha value is -2.13. The minimum atomic E-state index is -4.35. The molecule has 150 valence electrons. The van der Waals surface area contributed by atoms with Crippen LogP contribution < -0.4 is 10.1 Å². The zero-order valence-electron chi connectivity index (χ0n) is 15.3. The number of pyridine rings is 1. The number of halogens is 4. The molecule has 0 amide bonds. The zero-order valence-corrected chi connectivity index (χ0v) is 16.8. The van der Waals surface area contributed by atoms with E-state index in [1.807, 2.05) is 0 Å². The van der Waals surface area contributed by atoms with E-state index in [0.29, 0.717) is 41.2 Å². The van der Waals surface area contributed by atoms with Crippen molar-refractivity contribution in [3.63, 3.8) is 0 Å². The van der Waals surface area contributed by atoms with E-state index in [1.54, 1.807) is 44.4 Å². The van der Waals surface area contributed by atoms with Gasteiger partial charge in [-0.3, -0.25) is 14.7 Å². The van der Waals surface area contributed by atoms with Gasteiger partial charge in [0.05, 0.1) is 24.0 Å². The molecule has 0 saturated carbocycles. The number of alkyl halides is 3. The summed E-state index contributed by atoms with van der Waals surface area (Å²) in [4.78, 5) is 16.8. The first kappa shape index (κ1) is 20.6. The lowest BCUT2D eigenvalue weighted by molar-refractivity contribution is -0.155. The van der Waals surface area contributed by atoms with Crippen LogP contribution in [0.3, 0.4) is 0 Å². The number of benzene rings is 1. The average molecular weight is 458 g/mol. The van der Waals surface area contributed by atoms with Crippen molar-refractivity contribution < 1.29 is 22.7 Å². The Bertz CT molecular complexity index is 859. The quantitative estimate of drug-likeness (QED) is 0.677. The topological polar surface area (TPSA) is 54.5 Å². The number of carbonyl (C=O) groups is 1. The van der Waals surface area contributed by atoms with E-state index in [2.05, 4.69) is 26.2 Å². The van der Waals surface area contributed by atoms with Crippen LogP contribution in [0.1, 0.15) is 29.8 Å². The van der Waals surface area contributed by atoms with Gasteiger partial charge in [-0.2, -0.15) is 13.2 Å². The lowest BCUT2D eigenvalue weighted by atomic mass is 9.85. The number of carbonyl (C=O) groups excluding carboxylic acids is 1. The highest BCUT2D eigenvalue weighted by molar-refractivity contribution is 9.10. The minimum absolute atomic E-state index is 0.317. The van der Waals surface area contributed by atoms with Crippen molar-refractivity contribution in [3.8, 4) is 5.75 Å². The van der Waals surface area contributed by atoms with Crippen LogP contribution in [0.15, 0.2) is 34.9 Å². The van der Waals surface area contributed by atoms with Crippen LogP contribution in [0.25, 0.3) is 0 Å². The molecule has 0 fully saturated rings.